The maximum atomic E-state index is 11.6. The minimum absolute atomic E-state index is 0.388. The van der Waals surface area contributed by atoms with Crippen molar-refractivity contribution in [2.75, 3.05) is 12.4 Å². The number of esters is 1. The standard InChI is InChI=1S/C14H11N3O2/c1-19-14(18)11-6-2-3-7-12(11)17-13-10(9-15)5-4-8-16-13/h2-8H,1H3,(H,16,17). The highest BCUT2D eigenvalue weighted by atomic mass is 16.5. The van der Waals surface area contributed by atoms with Crippen LogP contribution in [0.2, 0.25) is 0 Å². The molecule has 0 atom stereocenters. The molecule has 1 heterocycles. The van der Waals surface area contributed by atoms with E-state index >= 15 is 0 Å². The number of rotatable bonds is 3. The summed E-state index contributed by atoms with van der Waals surface area (Å²) in [5.41, 5.74) is 1.34. The van der Waals surface area contributed by atoms with Crippen LogP contribution in [0.15, 0.2) is 42.6 Å². The minimum Gasteiger partial charge on any atom is -0.465 e. The number of pyridine rings is 1. The summed E-state index contributed by atoms with van der Waals surface area (Å²) in [4.78, 5) is 15.7. The number of hydrogen-bond acceptors (Lipinski definition) is 5. The molecule has 94 valence electrons. The van der Waals surface area contributed by atoms with E-state index in [1.807, 2.05) is 6.07 Å². The number of ether oxygens (including phenoxy) is 1. The van der Waals surface area contributed by atoms with Gasteiger partial charge in [-0.15, -0.1) is 0 Å². The number of anilines is 2. The van der Waals surface area contributed by atoms with Crippen LogP contribution in [0.3, 0.4) is 0 Å². The zero-order valence-electron chi connectivity index (χ0n) is 10.3. The van der Waals surface area contributed by atoms with Crippen LogP contribution in [0.5, 0.6) is 0 Å². The van der Waals surface area contributed by atoms with E-state index < -0.39 is 5.97 Å². The van der Waals surface area contributed by atoms with Crippen LogP contribution in [0, 0.1) is 11.3 Å². The van der Waals surface area contributed by atoms with E-state index in [9.17, 15) is 4.79 Å². The van der Waals surface area contributed by atoms with E-state index in [2.05, 4.69) is 10.3 Å². The maximum absolute atomic E-state index is 11.6. The summed E-state index contributed by atoms with van der Waals surface area (Å²) >= 11 is 0. The number of nitrogens with zero attached hydrogens (tertiary/aromatic N) is 2. The van der Waals surface area contributed by atoms with Crippen molar-refractivity contribution in [3.8, 4) is 6.07 Å². The zero-order chi connectivity index (χ0) is 13.7. The van der Waals surface area contributed by atoms with Gasteiger partial charge in [-0.25, -0.2) is 9.78 Å². The molecule has 5 nitrogen and oxygen atoms in total. The Hall–Kier alpha value is -2.87. The monoisotopic (exact) mass is 253 g/mol. The Morgan fingerprint density at radius 3 is 2.84 bits per heavy atom. The van der Waals surface area contributed by atoms with E-state index in [1.54, 1.807) is 42.6 Å². The van der Waals surface area contributed by atoms with Crippen molar-refractivity contribution < 1.29 is 9.53 Å². The summed E-state index contributed by atoms with van der Waals surface area (Å²) in [6.07, 6.45) is 1.57. The number of para-hydroxylation sites is 1. The van der Waals surface area contributed by atoms with Crippen LogP contribution in [-0.4, -0.2) is 18.1 Å². The van der Waals surface area contributed by atoms with Crippen LogP contribution < -0.4 is 5.32 Å². The largest absolute Gasteiger partial charge is 0.465 e. The van der Waals surface area contributed by atoms with E-state index in [1.165, 1.54) is 7.11 Å². The van der Waals surface area contributed by atoms with Gasteiger partial charge in [0, 0.05) is 6.20 Å². The van der Waals surface area contributed by atoms with Crippen molar-refractivity contribution in [2.45, 2.75) is 0 Å². The van der Waals surface area contributed by atoms with Gasteiger partial charge in [-0.05, 0) is 24.3 Å². The van der Waals surface area contributed by atoms with E-state index in [4.69, 9.17) is 10.00 Å². The lowest BCUT2D eigenvalue weighted by atomic mass is 10.1. The van der Waals surface area contributed by atoms with Gasteiger partial charge in [0.05, 0.1) is 23.9 Å². The predicted octanol–water partition coefficient (Wildman–Crippen LogP) is 2.48. The summed E-state index contributed by atoms with van der Waals surface area (Å²) in [7, 11) is 1.32. The molecule has 2 aromatic rings. The second-order valence-electron chi connectivity index (χ2n) is 3.67. The minimum atomic E-state index is -0.447. The highest BCUT2D eigenvalue weighted by Crippen LogP contribution is 2.22. The molecule has 0 aliphatic heterocycles. The number of methoxy groups -OCH3 is 1. The van der Waals surface area contributed by atoms with Gasteiger partial charge in [0.25, 0.3) is 0 Å². The number of benzene rings is 1. The van der Waals surface area contributed by atoms with Crippen LogP contribution >= 0.6 is 0 Å². The van der Waals surface area contributed by atoms with Crippen molar-refractivity contribution >= 4 is 17.5 Å². The molecule has 0 fully saturated rings. The molecule has 0 spiro atoms. The lowest BCUT2D eigenvalue weighted by Gasteiger charge is -2.10. The summed E-state index contributed by atoms with van der Waals surface area (Å²) in [6, 6.07) is 12.2. The Morgan fingerprint density at radius 2 is 2.11 bits per heavy atom. The third kappa shape index (κ3) is 2.69. The quantitative estimate of drug-likeness (QED) is 0.850. The Labute approximate surface area is 110 Å². The third-order valence-electron chi connectivity index (χ3n) is 2.51. The number of nitriles is 1. The average molecular weight is 253 g/mol. The Balaban J connectivity index is 2.39. The molecule has 0 saturated heterocycles. The third-order valence-corrected chi connectivity index (χ3v) is 2.51. The Morgan fingerprint density at radius 1 is 1.32 bits per heavy atom. The molecule has 1 N–H and O–H groups in total. The molecular formula is C14H11N3O2. The summed E-state index contributed by atoms with van der Waals surface area (Å²) in [5, 5.41) is 12.0. The zero-order valence-corrected chi connectivity index (χ0v) is 10.3. The summed E-state index contributed by atoms with van der Waals surface area (Å²) < 4.78 is 4.71. The molecule has 0 unspecified atom stereocenters. The number of hydrogen-bond donors (Lipinski definition) is 1. The topological polar surface area (TPSA) is 75.0 Å². The van der Waals surface area contributed by atoms with Crippen LogP contribution in [-0.2, 0) is 4.74 Å². The first-order chi connectivity index (χ1) is 9.26. The van der Waals surface area contributed by atoms with Gasteiger partial charge in [0.2, 0.25) is 0 Å². The fourth-order valence-electron chi connectivity index (χ4n) is 1.60. The molecule has 5 heteroatoms. The molecule has 0 saturated carbocycles. The number of aromatic nitrogens is 1. The highest BCUT2D eigenvalue weighted by Gasteiger charge is 2.12. The van der Waals surface area contributed by atoms with Gasteiger partial charge in [0.15, 0.2) is 0 Å². The second kappa shape index (κ2) is 5.65. The summed E-state index contributed by atoms with van der Waals surface area (Å²) in [6.45, 7) is 0. The molecule has 1 aromatic carbocycles. The average Bonchev–Trinajstić information content (AvgIpc) is 2.47. The molecule has 0 aliphatic carbocycles. The molecule has 2 rings (SSSR count). The molecule has 0 bridgehead atoms. The van der Waals surface area contributed by atoms with E-state index in [0.717, 1.165) is 0 Å². The summed E-state index contributed by atoms with van der Waals surface area (Å²) in [5.74, 6) is -0.0427. The van der Waals surface area contributed by atoms with Gasteiger partial charge in [-0.1, -0.05) is 12.1 Å². The molecular weight excluding hydrogens is 242 g/mol. The molecule has 0 aliphatic rings. The van der Waals surface area contributed by atoms with Crippen molar-refractivity contribution in [3.05, 3.63) is 53.7 Å². The maximum Gasteiger partial charge on any atom is 0.339 e. The fourth-order valence-corrected chi connectivity index (χ4v) is 1.60. The fraction of sp³-hybridized carbons (Fsp3) is 0.0714. The van der Waals surface area contributed by atoms with Gasteiger partial charge < -0.3 is 10.1 Å². The SMILES string of the molecule is COC(=O)c1ccccc1Nc1ncccc1C#N. The Bertz CT molecular complexity index is 647. The van der Waals surface area contributed by atoms with Crippen molar-refractivity contribution in [2.24, 2.45) is 0 Å². The van der Waals surface area contributed by atoms with Crippen molar-refractivity contribution in [3.63, 3.8) is 0 Å². The first-order valence-electron chi connectivity index (χ1n) is 5.55. The van der Waals surface area contributed by atoms with Crippen LogP contribution in [0.25, 0.3) is 0 Å². The van der Waals surface area contributed by atoms with Crippen LogP contribution in [0.1, 0.15) is 15.9 Å². The lowest BCUT2D eigenvalue weighted by Crippen LogP contribution is -2.06. The molecule has 0 amide bonds. The highest BCUT2D eigenvalue weighted by molar-refractivity contribution is 5.96. The second-order valence-corrected chi connectivity index (χ2v) is 3.67. The molecule has 0 radical (unpaired) electrons. The molecule has 19 heavy (non-hydrogen) atoms. The van der Waals surface area contributed by atoms with Crippen LogP contribution in [0.4, 0.5) is 11.5 Å². The predicted molar refractivity (Wildman–Crippen MR) is 70.0 cm³/mol. The van der Waals surface area contributed by atoms with Crippen molar-refractivity contribution in [1.29, 1.82) is 5.26 Å². The normalized spacial score (nSPS) is 9.47. The smallest absolute Gasteiger partial charge is 0.339 e. The molecule has 1 aromatic heterocycles. The number of carbonyl (C=O) groups excluding carboxylic acids is 1. The van der Waals surface area contributed by atoms with E-state index in [-0.39, 0.29) is 0 Å². The van der Waals surface area contributed by atoms with Crippen molar-refractivity contribution in [1.82, 2.24) is 4.98 Å². The number of carbonyl (C=O) groups is 1. The van der Waals surface area contributed by atoms with E-state index in [0.29, 0.717) is 22.6 Å². The first kappa shape index (κ1) is 12.6. The Kier molecular flexibility index (Phi) is 3.74. The van der Waals surface area contributed by atoms with Gasteiger partial charge >= 0.3 is 5.97 Å². The van der Waals surface area contributed by atoms with Gasteiger partial charge in [-0.3, -0.25) is 0 Å². The lowest BCUT2D eigenvalue weighted by molar-refractivity contribution is 0.0602. The van der Waals surface area contributed by atoms with Gasteiger partial charge in [0.1, 0.15) is 11.9 Å². The number of nitrogens with one attached hydrogen (secondary N) is 1. The first-order valence-corrected chi connectivity index (χ1v) is 5.55. The van der Waals surface area contributed by atoms with Gasteiger partial charge in [-0.2, -0.15) is 5.26 Å².